The van der Waals surface area contributed by atoms with Crippen molar-refractivity contribution in [3.8, 4) is 5.75 Å². The van der Waals surface area contributed by atoms with Crippen LogP contribution in [0.25, 0.3) is 0 Å². The number of carbonyl (C=O) groups is 1. The van der Waals surface area contributed by atoms with Crippen LogP contribution in [-0.4, -0.2) is 84.2 Å². The first-order chi connectivity index (χ1) is 21.3. The summed E-state index contributed by atoms with van der Waals surface area (Å²) in [7, 11) is 1.65. The molecule has 1 aromatic heterocycles. The molecule has 1 atom stereocenters. The number of hydrogen-bond acceptors (Lipinski definition) is 10. The molecule has 0 aliphatic carbocycles. The molecule has 3 heterocycles. The molecular formula is C33H42FN5O4S. The fraction of sp³-hybridized carbons (Fsp3) is 0.455. The third-order valence-electron chi connectivity index (χ3n) is 8.53. The molecule has 1 unspecified atom stereocenters. The molecule has 0 amide bonds. The second kappa shape index (κ2) is 14.7. The lowest BCUT2D eigenvalue weighted by atomic mass is 9.89. The minimum Gasteiger partial charge on any atom is -0.506 e. The van der Waals surface area contributed by atoms with E-state index in [2.05, 4.69) is 44.5 Å². The van der Waals surface area contributed by atoms with Crippen molar-refractivity contribution in [3.05, 3.63) is 76.7 Å². The topological polar surface area (TPSA) is 110 Å². The van der Waals surface area contributed by atoms with E-state index in [9.17, 15) is 19.4 Å². The number of aliphatic hydroxyl groups excluding tert-OH is 1. The summed E-state index contributed by atoms with van der Waals surface area (Å²) in [6.07, 6.45) is 3.43. The predicted molar refractivity (Wildman–Crippen MR) is 173 cm³/mol. The van der Waals surface area contributed by atoms with Gasteiger partial charge in [-0.1, -0.05) is 23.9 Å². The van der Waals surface area contributed by atoms with Crippen LogP contribution in [0.2, 0.25) is 0 Å². The Morgan fingerprint density at radius 3 is 2.70 bits per heavy atom. The Bertz CT molecular complexity index is 1440. The van der Waals surface area contributed by atoms with Crippen LogP contribution in [0, 0.1) is 12.7 Å². The Morgan fingerprint density at radius 2 is 1.95 bits per heavy atom. The zero-order valence-electron chi connectivity index (χ0n) is 25.4. The Labute approximate surface area is 262 Å². The number of benzene rings is 2. The Balaban J connectivity index is 1.12. The number of carbonyl (C=O) groups excluding carboxylic acids is 1. The summed E-state index contributed by atoms with van der Waals surface area (Å²) in [5.41, 5.74) is 4.50. The molecular weight excluding hydrogens is 581 g/mol. The molecule has 0 bridgehead atoms. The number of nitrogens with zero attached hydrogens (tertiary/aromatic N) is 3. The number of phenols is 1. The van der Waals surface area contributed by atoms with Crippen molar-refractivity contribution in [1.29, 1.82) is 0 Å². The van der Waals surface area contributed by atoms with Crippen molar-refractivity contribution in [2.45, 2.75) is 49.3 Å². The molecule has 9 nitrogen and oxygen atoms in total. The molecule has 2 saturated heterocycles. The van der Waals surface area contributed by atoms with Crippen LogP contribution in [0.15, 0.2) is 53.6 Å². The number of aromatic nitrogens is 1. The number of nitrogens with one attached hydrogen (secondary N) is 2. The zero-order chi connectivity index (χ0) is 31.1. The van der Waals surface area contributed by atoms with Crippen molar-refractivity contribution in [2.24, 2.45) is 0 Å². The van der Waals surface area contributed by atoms with Crippen LogP contribution >= 0.6 is 11.8 Å². The number of pyridine rings is 1. The molecule has 1 spiro atoms. The number of aliphatic hydroxyl groups is 1. The molecule has 2 aliphatic rings. The summed E-state index contributed by atoms with van der Waals surface area (Å²) < 4.78 is 21.0. The smallest absolute Gasteiger partial charge is 0.181 e. The van der Waals surface area contributed by atoms with E-state index < -0.39 is 6.10 Å². The van der Waals surface area contributed by atoms with Gasteiger partial charge in [0.1, 0.15) is 17.4 Å². The van der Waals surface area contributed by atoms with E-state index >= 15 is 0 Å². The summed E-state index contributed by atoms with van der Waals surface area (Å²) in [6.45, 7) is 7.71. The average Bonchev–Trinajstić information content (AvgIpc) is 3.01. The number of phenolic OH excluding ortho intramolecular Hbond substituents is 1. The molecule has 2 fully saturated rings. The molecule has 11 heteroatoms. The normalized spacial score (nSPS) is 17.5. The number of piperidine rings is 1. The van der Waals surface area contributed by atoms with E-state index in [1.807, 2.05) is 12.3 Å². The highest BCUT2D eigenvalue weighted by Crippen LogP contribution is 2.39. The first kappa shape index (κ1) is 32.2. The van der Waals surface area contributed by atoms with Gasteiger partial charge in [-0.2, -0.15) is 0 Å². The van der Waals surface area contributed by atoms with Crippen molar-refractivity contribution in [1.82, 2.24) is 15.2 Å². The zero-order valence-corrected chi connectivity index (χ0v) is 26.2. The molecule has 0 radical (unpaired) electrons. The van der Waals surface area contributed by atoms with Gasteiger partial charge < -0.3 is 30.5 Å². The summed E-state index contributed by atoms with van der Waals surface area (Å²) in [4.78, 5) is 21.0. The lowest BCUT2D eigenvalue weighted by Gasteiger charge is -2.47. The fourth-order valence-electron chi connectivity index (χ4n) is 6.21. The van der Waals surface area contributed by atoms with Gasteiger partial charge in [-0.05, 0) is 85.3 Å². The van der Waals surface area contributed by atoms with Crippen LogP contribution in [-0.2, 0) is 22.5 Å². The maximum absolute atomic E-state index is 14.6. The van der Waals surface area contributed by atoms with E-state index in [0.29, 0.717) is 47.9 Å². The third-order valence-corrected chi connectivity index (χ3v) is 9.31. The molecule has 2 aliphatic heterocycles. The molecule has 236 valence electrons. The van der Waals surface area contributed by atoms with Gasteiger partial charge in [0.05, 0.1) is 24.0 Å². The summed E-state index contributed by atoms with van der Waals surface area (Å²) in [5.74, 6) is 0.773. The molecule has 44 heavy (non-hydrogen) atoms. The second-order valence-corrected chi connectivity index (χ2v) is 12.5. The molecule has 4 N–H and O–H groups in total. The number of morpholine rings is 1. The Hall–Kier alpha value is -3.22. The number of halogens is 1. The minimum absolute atomic E-state index is 0.0105. The van der Waals surface area contributed by atoms with Crippen LogP contribution < -0.4 is 15.5 Å². The van der Waals surface area contributed by atoms with E-state index in [0.717, 1.165) is 67.7 Å². The quantitative estimate of drug-likeness (QED) is 0.101. The SMILES string of the molecule is CNc1c(O)ccc(C(O)CNCCc2cc(F)cc(CN3CCC4(CC3)CN(c3cc(C)ccn3)CCO4)c2)c1SC=O. The summed E-state index contributed by atoms with van der Waals surface area (Å²) in [5, 5.41) is 27.0. The average molecular weight is 624 g/mol. The van der Waals surface area contributed by atoms with E-state index in [-0.39, 0.29) is 23.7 Å². The van der Waals surface area contributed by atoms with Crippen LogP contribution in [0.1, 0.15) is 41.2 Å². The first-order valence-corrected chi connectivity index (χ1v) is 16.0. The number of aryl methyl sites for hydroxylation is 1. The van der Waals surface area contributed by atoms with E-state index in [1.54, 1.807) is 25.2 Å². The largest absolute Gasteiger partial charge is 0.506 e. The lowest BCUT2D eigenvalue weighted by Crippen LogP contribution is -2.57. The first-order valence-electron chi connectivity index (χ1n) is 15.1. The summed E-state index contributed by atoms with van der Waals surface area (Å²) in [6, 6.07) is 12.5. The van der Waals surface area contributed by atoms with Crippen LogP contribution in [0.3, 0.4) is 0 Å². The fourth-order valence-corrected chi connectivity index (χ4v) is 6.98. The molecule has 2 aromatic carbocycles. The number of rotatable bonds is 12. The number of hydrogen-bond donors (Lipinski definition) is 4. The third kappa shape index (κ3) is 7.89. The van der Waals surface area contributed by atoms with E-state index in [4.69, 9.17) is 4.74 Å². The standard InChI is InChI=1S/C33H42FN5O4S/c1-23-5-10-37-30(15-23)39-13-14-43-33(21-39)7-11-38(12-8-33)20-25-16-24(17-26(34)18-25)6-9-36-19-29(42)27-3-4-28(41)31(35-2)32(27)44-22-40/h3-5,10,15-18,22,29,35-36,41-42H,6-9,11-14,19-21H2,1-2H3. The van der Waals surface area contributed by atoms with Gasteiger partial charge in [0.15, 0.2) is 5.62 Å². The second-order valence-electron chi connectivity index (χ2n) is 11.7. The van der Waals surface area contributed by atoms with Gasteiger partial charge in [0, 0.05) is 57.4 Å². The highest BCUT2D eigenvalue weighted by Gasteiger charge is 2.40. The van der Waals surface area contributed by atoms with Crippen molar-refractivity contribution < 1.29 is 24.1 Å². The maximum Gasteiger partial charge on any atom is 0.181 e. The Morgan fingerprint density at radius 1 is 1.16 bits per heavy atom. The minimum atomic E-state index is -0.885. The van der Waals surface area contributed by atoms with Crippen LogP contribution in [0.5, 0.6) is 5.75 Å². The molecule has 0 saturated carbocycles. The highest BCUT2D eigenvalue weighted by molar-refractivity contribution is 8.12. The van der Waals surface area contributed by atoms with Gasteiger partial charge >= 0.3 is 0 Å². The van der Waals surface area contributed by atoms with Gasteiger partial charge in [0.2, 0.25) is 0 Å². The number of ether oxygens (including phenoxy) is 1. The number of thioether (sulfide) groups is 1. The number of aromatic hydroxyl groups is 1. The molecule has 5 rings (SSSR count). The highest BCUT2D eigenvalue weighted by atomic mass is 32.2. The van der Waals surface area contributed by atoms with Crippen molar-refractivity contribution in [3.63, 3.8) is 0 Å². The van der Waals surface area contributed by atoms with Gasteiger partial charge in [-0.25, -0.2) is 9.37 Å². The number of anilines is 2. The van der Waals surface area contributed by atoms with Gasteiger partial charge in [-0.3, -0.25) is 9.69 Å². The van der Waals surface area contributed by atoms with Crippen molar-refractivity contribution >= 4 is 28.9 Å². The Kier molecular flexibility index (Phi) is 10.8. The lowest BCUT2D eigenvalue weighted by molar-refractivity contribution is -0.0922. The van der Waals surface area contributed by atoms with Gasteiger partial charge in [-0.15, -0.1) is 0 Å². The maximum atomic E-state index is 14.6. The number of likely N-dealkylation sites (tertiary alicyclic amines) is 1. The van der Waals surface area contributed by atoms with Crippen LogP contribution in [0.4, 0.5) is 15.9 Å². The molecule has 3 aromatic rings. The monoisotopic (exact) mass is 623 g/mol. The van der Waals surface area contributed by atoms with E-state index in [1.165, 1.54) is 11.6 Å². The van der Waals surface area contributed by atoms with Gasteiger partial charge in [0.25, 0.3) is 0 Å². The van der Waals surface area contributed by atoms with Crippen molar-refractivity contribution in [2.75, 3.05) is 63.1 Å². The predicted octanol–water partition coefficient (Wildman–Crippen LogP) is 4.30. The summed E-state index contributed by atoms with van der Waals surface area (Å²) >= 11 is 0.907.